The Morgan fingerprint density at radius 1 is 1.75 bits per heavy atom. The van der Waals surface area contributed by atoms with E-state index in [9.17, 15) is 8.76 Å². The minimum atomic E-state index is -2.40. The van der Waals surface area contributed by atoms with Crippen molar-refractivity contribution in [1.29, 1.82) is 0 Å². The van der Waals surface area contributed by atoms with Gasteiger partial charge in [-0.15, -0.1) is 11.6 Å². The molecule has 0 radical (unpaired) electrons. The van der Waals surface area contributed by atoms with Gasteiger partial charge in [-0.25, -0.2) is 4.21 Å². The fourth-order valence-corrected chi connectivity index (χ4v) is 0.488. The van der Waals surface area contributed by atoms with Gasteiger partial charge < -0.3 is 4.55 Å². The van der Waals surface area contributed by atoms with Crippen LogP contribution in [-0.2, 0) is 15.5 Å². The number of halogens is 1. The minimum absolute atomic E-state index is 0. The minimum Gasteiger partial charge on any atom is -0.750 e. The monoisotopic (exact) mass is 166 g/mol. The normalized spacial score (nSPS) is 12.2. The van der Waals surface area contributed by atoms with Crippen LogP contribution in [0.4, 0.5) is 0 Å². The van der Waals surface area contributed by atoms with Gasteiger partial charge in [0, 0.05) is 5.88 Å². The predicted octanol–water partition coefficient (Wildman–Crippen LogP) is -2.96. The molecule has 0 amide bonds. The molecule has 0 aromatic rings. The maximum Gasteiger partial charge on any atom is 1.00 e. The van der Waals surface area contributed by atoms with E-state index in [2.05, 4.69) is 4.18 Å². The molecule has 0 saturated carbocycles. The van der Waals surface area contributed by atoms with E-state index in [1.807, 2.05) is 0 Å². The van der Waals surface area contributed by atoms with E-state index in [0.29, 0.717) is 0 Å². The van der Waals surface area contributed by atoms with Crippen molar-refractivity contribution in [2.24, 2.45) is 0 Å². The molecule has 0 rings (SSSR count). The molecule has 0 fully saturated rings. The van der Waals surface area contributed by atoms with Crippen molar-refractivity contribution in [1.82, 2.24) is 0 Å². The first-order chi connectivity index (χ1) is 3.27. The second kappa shape index (κ2) is 8.36. The van der Waals surface area contributed by atoms with Crippen LogP contribution >= 0.6 is 11.6 Å². The smallest absolute Gasteiger partial charge is 0.750 e. The van der Waals surface area contributed by atoms with Gasteiger partial charge in [0.05, 0.1) is 18.0 Å². The van der Waals surface area contributed by atoms with Crippen molar-refractivity contribution in [3.8, 4) is 0 Å². The molecule has 1 atom stereocenters. The van der Waals surface area contributed by atoms with E-state index in [1.54, 1.807) is 0 Å². The van der Waals surface area contributed by atoms with Crippen LogP contribution in [-0.4, -0.2) is 21.2 Å². The van der Waals surface area contributed by atoms with Crippen LogP contribution in [0, 0.1) is 0 Å². The van der Waals surface area contributed by atoms with E-state index >= 15 is 0 Å². The van der Waals surface area contributed by atoms with E-state index < -0.39 is 11.4 Å². The molecule has 0 saturated heterocycles. The molecule has 0 aliphatic rings. The Morgan fingerprint density at radius 3 is 2.38 bits per heavy atom. The quantitative estimate of drug-likeness (QED) is 0.256. The Balaban J connectivity index is 0. The average Bonchev–Trinajstić information content (AvgIpc) is 1.61. The van der Waals surface area contributed by atoms with Crippen LogP contribution in [0.25, 0.3) is 0 Å². The van der Waals surface area contributed by atoms with Gasteiger partial charge in [-0.1, -0.05) is 0 Å². The summed E-state index contributed by atoms with van der Waals surface area (Å²) in [5.41, 5.74) is 0. The van der Waals surface area contributed by atoms with Crippen molar-refractivity contribution in [3.63, 3.8) is 0 Å². The molecule has 8 heavy (non-hydrogen) atoms. The molecule has 0 spiro atoms. The van der Waals surface area contributed by atoms with E-state index in [0.717, 1.165) is 0 Å². The number of hydrogen-bond donors (Lipinski definition) is 0. The molecule has 0 N–H and O–H groups in total. The first-order valence-electron chi connectivity index (χ1n) is 1.56. The largest absolute Gasteiger partial charge is 1.00 e. The molecular weight excluding hydrogens is 163 g/mol. The molecule has 44 valence electrons. The Labute approximate surface area is 77.5 Å². The van der Waals surface area contributed by atoms with Gasteiger partial charge in [0.15, 0.2) is 0 Å². The van der Waals surface area contributed by atoms with Crippen LogP contribution in [0.5, 0.6) is 0 Å². The summed E-state index contributed by atoms with van der Waals surface area (Å²) < 4.78 is 22.9. The summed E-state index contributed by atoms with van der Waals surface area (Å²) in [7, 11) is 0. The van der Waals surface area contributed by atoms with Gasteiger partial charge in [-0.05, 0) is 0 Å². The standard InChI is InChI=1S/C2H5ClO3S.Na/c3-1-2-6-7(4)5;/h1-2H2,(H,4,5);/q;+1/p-1. The summed E-state index contributed by atoms with van der Waals surface area (Å²) in [5.74, 6) is 0.202. The van der Waals surface area contributed by atoms with Gasteiger partial charge in [0.25, 0.3) is 0 Å². The molecule has 0 aliphatic heterocycles. The molecule has 0 aromatic carbocycles. The van der Waals surface area contributed by atoms with Crippen molar-refractivity contribution in [3.05, 3.63) is 0 Å². The summed E-state index contributed by atoms with van der Waals surface area (Å²) in [5, 5.41) is 0. The summed E-state index contributed by atoms with van der Waals surface area (Å²) in [6.07, 6.45) is 0. The van der Waals surface area contributed by atoms with Gasteiger partial charge in [0.1, 0.15) is 0 Å². The number of rotatable bonds is 3. The summed E-state index contributed by atoms with van der Waals surface area (Å²) >= 11 is 2.65. The summed E-state index contributed by atoms with van der Waals surface area (Å²) in [6, 6.07) is 0. The van der Waals surface area contributed by atoms with Crippen LogP contribution in [0.1, 0.15) is 0 Å². The first-order valence-corrected chi connectivity index (χ1v) is 3.09. The van der Waals surface area contributed by atoms with Crippen molar-refractivity contribution < 1.29 is 42.5 Å². The fourth-order valence-electron chi connectivity index (χ4n) is 0.0995. The van der Waals surface area contributed by atoms with Gasteiger partial charge in [-0.3, -0.25) is 4.18 Å². The maximum absolute atomic E-state index is 9.48. The van der Waals surface area contributed by atoms with Gasteiger partial charge in [0.2, 0.25) is 0 Å². The third-order valence-corrected chi connectivity index (χ3v) is 0.770. The van der Waals surface area contributed by atoms with Gasteiger partial charge >= 0.3 is 29.6 Å². The predicted molar refractivity (Wildman–Crippen MR) is 25.6 cm³/mol. The Hall–Kier alpha value is 1.36. The second-order valence-electron chi connectivity index (χ2n) is 0.715. The number of alkyl halides is 1. The zero-order chi connectivity index (χ0) is 5.70. The van der Waals surface area contributed by atoms with Crippen LogP contribution in [0.15, 0.2) is 0 Å². The van der Waals surface area contributed by atoms with E-state index in [-0.39, 0.29) is 42.0 Å². The molecule has 0 bridgehead atoms. The Kier molecular flexibility index (Phi) is 12.6. The van der Waals surface area contributed by atoms with Crippen molar-refractivity contribution in [2.75, 3.05) is 12.5 Å². The van der Waals surface area contributed by atoms with Crippen LogP contribution in [0.2, 0.25) is 0 Å². The molecule has 0 aliphatic carbocycles. The molecule has 0 aromatic heterocycles. The van der Waals surface area contributed by atoms with E-state index in [1.165, 1.54) is 0 Å². The summed E-state index contributed by atoms with van der Waals surface area (Å²) in [4.78, 5) is 0. The zero-order valence-corrected chi connectivity index (χ0v) is 8.00. The second-order valence-corrected chi connectivity index (χ2v) is 1.74. The van der Waals surface area contributed by atoms with Crippen LogP contribution < -0.4 is 29.6 Å². The SMILES string of the molecule is O=S([O-])OCCCl.[Na+]. The third-order valence-electron chi connectivity index (χ3n) is 0.257. The summed E-state index contributed by atoms with van der Waals surface area (Å²) in [6.45, 7) is 0.0532. The van der Waals surface area contributed by atoms with Crippen molar-refractivity contribution in [2.45, 2.75) is 0 Å². The van der Waals surface area contributed by atoms with Gasteiger partial charge in [-0.2, -0.15) is 0 Å². The first kappa shape index (κ1) is 12.1. The average molecular weight is 167 g/mol. The Morgan fingerprint density at radius 2 is 2.25 bits per heavy atom. The molecule has 0 heterocycles. The van der Waals surface area contributed by atoms with E-state index in [4.69, 9.17) is 11.6 Å². The van der Waals surface area contributed by atoms with Crippen LogP contribution in [0.3, 0.4) is 0 Å². The molecular formula is C2H4ClNaO3S. The Bertz CT molecular complexity index is 70.3. The fraction of sp³-hybridized carbons (Fsp3) is 1.00. The maximum atomic E-state index is 9.48. The van der Waals surface area contributed by atoms with Crippen molar-refractivity contribution >= 4 is 23.0 Å². The molecule has 6 heteroatoms. The zero-order valence-electron chi connectivity index (χ0n) is 4.43. The third kappa shape index (κ3) is 10.4. The molecule has 3 nitrogen and oxygen atoms in total. The topological polar surface area (TPSA) is 49.4 Å². The number of hydrogen-bond acceptors (Lipinski definition) is 3. The molecule has 1 unspecified atom stereocenters.